The molecule has 2 heterocycles. The van der Waals surface area contributed by atoms with E-state index in [1.807, 2.05) is 120 Å². The van der Waals surface area contributed by atoms with Crippen molar-refractivity contribution in [3.63, 3.8) is 0 Å². The van der Waals surface area contributed by atoms with Gasteiger partial charge in [0.15, 0.2) is 8.07 Å². The van der Waals surface area contributed by atoms with Crippen molar-refractivity contribution >= 4 is 72.4 Å². The lowest BCUT2D eigenvalue weighted by molar-refractivity contribution is 1.18. The molecule has 0 atom stereocenters. The molecule has 0 saturated carbocycles. The molecule has 13 aromatic rings. The maximum absolute atomic E-state index is 9.75. The molecule has 0 N–H and O–H groups in total. The van der Waals surface area contributed by atoms with Gasteiger partial charge in [-0.1, -0.05) is 236 Å². The highest BCUT2D eigenvalue weighted by Crippen LogP contribution is 2.43. The van der Waals surface area contributed by atoms with Crippen molar-refractivity contribution in [2.45, 2.75) is 0 Å². The molecule has 13 rings (SSSR count). The molecule has 3 heteroatoms. The molecule has 69 heavy (non-hydrogen) atoms. The molecule has 2 nitrogen and oxygen atoms in total. The monoisotopic (exact) mass is 904 g/mol. The first kappa shape index (κ1) is 31.3. The number of para-hydroxylation sites is 3. The van der Waals surface area contributed by atoms with E-state index in [0.29, 0.717) is 16.2 Å². The Kier molecular flexibility index (Phi) is 7.63. The Hall–Kier alpha value is -8.76. The van der Waals surface area contributed by atoms with Crippen LogP contribution in [0.4, 0.5) is 0 Å². The quantitative estimate of drug-likeness (QED) is 0.101. The van der Waals surface area contributed by atoms with Crippen LogP contribution in [-0.2, 0) is 0 Å². The fourth-order valence-corrected chi connectivity index (χ4v) is 15.5. The van der Waals surface area contributed by atoms with Crippen molar-refractivity contribution in [1.29, 1.82) is 0 Å². The summed E-state index contributed by atoms with van der Waals surface area (Å²) in [6.07, 6.45) is 0. The summed E-state index contributed by atoms with van der Waals surface area (Å²) in [5.41, 5.74) is 6.96. The van der Waals surface area contributed by atoms with E-state index in [2.05, 4.69) is 108 Å². The fraction of sp³-hybridized carbons (Fsp3) is 0. The molecule has 0 fully saturated rings. The zero-order valence-corrected chi connectivity index (χ0v) is 38.2. The Bertz CT molecular complexity index is 4360. The van der Waals surface area contributed by atoms with E-state index in [-0.39, 0.29) is 27.9 Å². The molecule has 0 aliphatic carbocycles. The topological polar surface area (TPSA) is 9.86 Å². The molecule has 2 aromatic heterocycles. The second-order valence-electron chi connectivity index (χ2n) is 17.3. The van der Waals surface area contributed by atoms with Gasteiger partial charge in [-0.25, -0.2) is 0 Å². The predicted octanol–water partition coefficient (Wildman–Crippen LogP) is 14.3. The van der Waals surface area contributed by atoms with Crippen LogP contribution in [0.15, 0.2) is 279 Å². The zero-order valence-electron chi connectivity index (χ0n) is 47.2. The highest BCUT2D eigenvalue weighted by Gasteiger charge is 2.42. The van der Waals surface area contributed by atoms with E-state index < -0.39 is 68.5 Å². The van der Waals surface area contributed by atoms with Crippen molar-refractivity contribution in [2.24, 2.45) is 0 Å². The second kappa shape index (κ2) is 16.8. The van der Waals surface area contributed by atoms with Gasteiger partial charge in [0.05, 0.1) is 41.5 Å². The molecule has 0 spiro atoms. The predicted molar refractivity (Wildman–Crippen MR) is 295 cm³/mol. The van der Waals surface area contributed by atoms with Gasteiger partial charge in [-0.15, -0.1) is 0 Å². The molecule has 11 aromatic carbocycles. The van der Waals surface area contributed by atoms with E-state index >= 15 is 0 Å². The van der Waals surface area contributed by atoms with Gasteiger partial charge in [0, 0.05) is 38.4 Å². The van der Waals surface area contributed by atoms with Gasteiger partial charge >= 0.3 is 0 Å². The Morgan fingerprint density at radius 1 is 0.290 bits per heavy atom. The average Bonchev–Trinajstić information content (AvgIpc) is 4.26. The van der Waals surface area contributed by atoms with Crippen LogP contribution < -0.4 is 20.7 Å². The summed E-state index contributed by atoms with van der Waals surface area (Å²) in [5, 5.41) is 7.50. The maximum Gasteiger partial charge on any atom is 0.179 e. The van der Waals surface area contributed by atoms with Crippen molar-refractivity contribution in [1.82, 2.24) is 9.13 Å². The van der Waals surface area contributed by atoms with Gasteiger partial charge in [0.1, 0.15) is 0 Å². The summed E-state index contributed by atoms with van der Waals surface area (Å²) < 4.78 is 97.5. The van der Waals surface area contributed by atoms with E-state index in [9.17, 15) is 5.48 Å². The minimum atomic E-state index is -3.61. The lowest BCUT2D eigenvalue weighted by atomic mass is 9.95. The fourth-order valence-electron chi connectivity index (χ4n) is 10.7. The third-order valence-electron chi connectivity index (χ3n) is 13.6. The van der Waals surface area contributed by atoms with Crippen LogP contribution in [0.2, 0.25) is 0 Å². The Balaban J connectivity index is 1.20. The molecule has 0 amide bonds. The zero-order chi connectivity index (χ0) is 54.4. The van der Waals surface area contributed by atoms with E-state index in [0.717, 1.165) is 65.0 Å². The first-order valence-electron chi connectivity index (χ1n) is 28.0. The Morgan fingerprint density at radius 3 is 1.26 bits per heavy atom. The van der Waals surface area contributed by atoms with E-state index in [4.69, 9.17) is 8.22 Å². The number of hydrogen-bond acceptors (Lipinski definition) is 0. The molecule has 0 bridgehead atoms. The van der Waals surface area contributed by atoms with E-state index in [1.54, 1.807) is 0 Å². The van der Waals surface area contributed by atoms with Crippen molar-refractivity contribution in [3.8, 4) is 44.8 Å². The number of hydrogen-bond donors (Lipinski definition) is 0. The smallest absolute Gasteiger partial charge is 0.179 e. The minimum Gasteiger partial charge on any atom is -0.309 e. The summed E-state index contributed by atoms with van der Waals surface area (Å²) in [5.74, 6) is 0. The van der Waals surface area contributed by atoms with Crippen LogP contribution in [-0.4, -0.2) is 17.2 Å². The van der Waals surface area contributed by atoms with Gasteiger partial charge < -0.3 is 9.13 Å². The van der Waals surface area contributed by atoms with Crippen LogP contribution >= 0.6 is 0 Å². The first-order chi connectivity index (χ1) is 38.4. The molecule has 0 saturated heterocycles. The van der Waals surface area contributed by atoms with Crippen molar-refractivity contribution < 1.29 is 13.7 Å². The molecule has 0 aliphatic rings. The maximum atomic E-state index is 9.75. The summed E-state index contributed by atoms with van der Waals surface area (Å²) >= 11 is 0. The number of rotatable bonds is 9. The van der Waals surface area contributed by atoms with Crippen LogP contribution in [0.3, 0.4) is 0 Å². The van der Waals surface area contributed by atoms with Crippen LogP contribution in [0.1, 0.15) is 13.7 Å². The number of fused-ring (bicyclic) bond motifs is 6. The minimum absolute atomic E-state index is 0.0989. The van der Waals surface area contributed by atoms with Gasteiger partial charge in [0.25, 0.3) is 0 Å². The summed E-state index contributed by atoms with van der Waals surface area (Å²) in [4.78, 5) is 0. The Morgan fingerprint density at radius 2 is 0.710 bits per heavy atom. The summed E-state index contributed by atoms with van der Waals surface area (Å²) in [6, 6.07) is 68.4. The second-order valence-corrected chi connectivity index (χ2v) is 21.1. The third kappa shape index (κ3) is 6.62. The number of aromatic nitrogens is 2. The van der Waals surface area contributed by atoms with Crippen LogP contribution in [0.25, 0.3) is 88.4 Å². The van der Waals surface area contributed by atoms with Crippen molar-refractivity contribution in [2.75, 3.05) is 0 Å². The van der Waals surface area contributed by atoms with Gasteiger partial charge in [-0.3, -0.25) is 0 Å². The molecular weight excluding hydrogens is 849 g/mol. The number of nitrogens with zero attached hydrogens (tertiary/aromatic N) is 2. The highest BCUT2D eigenvalue weighted by atomic mass is 28.3. The van der Waals surface area contributed by atoms with Crippen LogP contribution in [0.5, 0.6) is 0 Å². The van der Waals surface area contributed by atoms with Gasteiger partial charge in [-0.2, -0.15) is 0 Å². The van der Waals surface area contributed by atoms with Gasteiger partial charge in [0.2, 0.25) is 0 Å². The Labute approximate surface area is 417 Å². The third-order valence-corrected chi connectivity index (χ3v) is 18.4. The van der Waals surface area contributed by atoms with E-state index in [1.165, 1.54) is 0 Å². The molecular formula is C66H46N2Si. The normalized spacial score (nSPS) is 13.8. The molecule has 0 radical (unpaired) electrons. The van der Waals surface area contributed by atoms with Crippen molar-refractivity contribution in [3.05, 3.63) is 279 Å². The lowest BCUT2D eigenvalue weighted by Crippen LogP contribution is -2.74. The molecule has 0 unspecified atom stereocenters. The standard InChI is InChI=1S/C66H46N2Si/c1-7-23-47(24-8-1)59-45-55(69(52-29-13-4-14-30-52,53-31-15-5-16-32-53)54-33-17-6-18-34-54)46-60(48-25-9-2-10-26-48)66(59)68-63-38-22-20-36-57(63)61-43-49(40-42-64(61)68)50-39-41-58-56-35-19-21-37-62(56)67(65(58)44-50)51-27-11-3-12-28-51/h1-46H/i1D,2D,7D,8D,9D,10D,23D,24D,25D,26D. The summed E-state index contributed by atoms with van der Waals surface area (Å²) in [6.45, 7) is 0. The molecule has 0 aliphatic heterocycles. The van der Waals surface area contributed by atoms with Crippen LogP contribution in [0, 0.1) is 0 Å². The highest BCUT2D eigenvalue weighted by molar-refractivity contribution is 7.20. The van der Waals surface area contributed by atoms with Gasteiger partial charge in [-0.05, 0) is 85.5 Å². The average molecular weight is 905 g/mol. The number of benzene rings is 11. The molecule has 324 valence electrons. The summed E-state index contributed by atoms with van der Waals surface area (Å²) in [7, 11) is -3.61. The largest absolute Gasteiger partial charge is 0.309 e. The lowest BCUT2D eigenvalue weighted by Gasteiger charge is -2.36. The first-order valence-corrected chi connectivity index (χ1v) is 25.0. The SMILES string of the molecule is [2H]c1c([2H])c([2H])c(-c2cc([Si](c3ccccc3)(c3ccccc3)c3ccccc3)cc(-c3c([2H])c([2H])c([2H])c([2H])c3[2H])c2-n2c3ccccc3c3cc(-c4ccc5c6ccccc6n(-c6ccccc6)c5c4)ccc32)c([2H])c1[2H].